The molecule has 1 fully saturated rings. The number of β-amino-alcohol motifs (C(OH)–C–C–N with tert-alkyl or cyclic N) is 1. The maximum absolute atomic E-state index is 12.6. The molecule has 1 aliphatic rings. The number of aryl methyl sites for hydroxylation is 1. The minimum Gasteiger partial charge on any atom is -0.391 e. The highest BCUT2D eigenvalue weighted by molar-refractivity contribution is 5.94. The molecule has 2 aromatic rings. The zero-order chi connectivity index (χ0) is 17.1. The molecule has 7 heteroatoms. The zero-order valence-electron chi connectivity index (χ0n) is 14.3. The minimum absolute atomic E-state index is 0. The van der Waals surface area contributed by atoms with Gasteiger partial charge in [-0.25, -0.2) is 0 Å². The summed E-state index contributed by atoms with van der Waals surface area (Å²) in [6, 6.07) is 9.54. The Hall–Kier alpha value is -1.89. The van der Waals surface area contributed by atoms with Crippen molar-refractivity contribution in [3.63, 3.8) is 0 Å². The summed E-state index contributed by atoms with van der Waals surface area (Å²) in [5, 5.41) is 17.4. The number of amides is 1. The predicted octanol–water partition coefficient (Wildman–Crippen LogP) is 1.32. The summed E-state index contributed by atoms with van der Waals surface area (Å²) in [6.07, 6.45) is 0.967. The number of nitrogens with one attached hydrogen (secondary N) is 1. The number of aliphatic hydroxyl groups is 1. The smallest absolute Gasteiger partial charge is 0.253 e. The molecule has 0 unspecified atom stereocenters. The average Bonchev–Trinajstić information content (AvgIpc) is 3.14. The summed E-state index contributed by atoms with van der Waals surface area (Å²) >= 11 is 0. The van der Waals surface area contributed by atoms with Crippen molar-refractivity contribution < 1.29 is 9.90 Å². The molecule has 0 radical (unpaired) electrons. The molecule has 0 aliphatic carbocycles. The largest absolute Gasteiger partial charge is 0.391 e. The first-order chi connectivity index (χ1) is 11.6. The Kier molecular flexibility index (Phi) is 6.58. The molecule has 0 bridgehead atoms. The number of carbonyl (C=O) groups is 1. The van der Waals surface area contributed by atoms with Crippen molar-refractivity contribution in [1.29, 1.82) is 0 Å². The minimum atomic E-state index is -0.512. The highest BCUT2D eigenvalue weighted by atomic mass is 35.5. The average molecular weight is 365 g/mol. The molecular formula is C18H25ClN4O2. The van der Waals surface area contributed by atoms with E-state index in [1.54, 1.807) is 4.90 Å². The van der Waals surface area contributed by atoms with E-state index in [2.05, 4.69) is 10.2 Å². The van der Waals surface area contributed by atoms with Crippen LogP contribution in [-0.2, 0) is 12.8 Å². The molecule has 0 saturated carbocycles. The maximum atomic E-state index is 12.6. The molecule has 3 rings (SSSR count). The number of hydrogen-bond donors (Lipinski definition) is 3. The van der Waals surface area contributed by atoms with E-state index in [1.807, 2.05) is 37.3 Å². The molecule has 2 atom stereocenters. The van der Waals surface area contributed by atoms with Crippen molar-refractivity contribution in [2.24, 2.45) is 11.7 Å². The molecule has 6 nitrogen and oxygen atoms in total. The van der Waals surface area contributed by atoms with Crippen LogP contribution in [0, 0.1) is 12.8 Å². The van der Waals surface area contributed by atoms with Gasteiger partial charge in [0.1, 0.15) is 0 Å². The number of nitrogens with zero attached hydrogens (tertiary/aromatic N) is 2. The first-order valence-corrected chi connectivity index (χ1v) is 8.34. The Bertz CT molecular complexity index is 701. The summed E-state index contributed by atoms with van der Waals surface area (Å²) in [5.41, 5.74) is 9.25. The van der Waals surface area contributed by atoms with Crippen LogP contribution in [0.1, 0.15) is 27.3 Å². The molecule has 1 aromatic heterocycles. The Morgan fingerprint density at radius 2 is 2.08 bits per heavy atom. The topological polar surface area (TPSA) is 95.2 Å². The van der Waals surface area contributed by atoms with E-state index in [0.29, 0.717) is 31.6 Å². The van der Waals surface area contributed by atoms with Gasteiger partial charge in [0.05, 0.1) is 11.8 Å². The number of H-pyrrole nitrogens is 1. The third kappa shape index (κ3) is 4.60. The van der Waals surface area contributed by atoms with Crippen LogP contribution in [-0.4, -0.2) is 51.8 Å². The SMILES string of the molecule is Cc1cc(C[C@@H]2CN(C(=O)c3ccc(CCN)cc3)C[C@H]2O)n[nH]1.Cl. The molecular weight excluding hydrogens is 340 g/mol. The molecule has 1 aliphatic heterocycles. The van der Waals surface area contributed by atoms with E-state index in [1.165, 1.54) is 0 Å². The Labute approximate surface area is 153 Å². The Morgan fingerprint density at radius 1 is 1.36 bits per heavy atom. The van der Waals surface area contributed by atoms with E-state index < -0.39 is 6.10 Å². The number of likely N-dealkylation sites (tertiary alicyclic amines) is 1. The lowest BCUT2D eigenvalue weighted by molar-refractivity contribution is 0.0764. The van der Waals surface area contributed by atoms with Gasteiger partial charge in [0.2, 0.25) is 0 Å². The highest BCUT2D eigenvalue weighted by Gasteiger charge is 2.34. The zero-order valence-corrected chi connectivity index (χ0v) is 15.1. The normalized spacial score (nSPS) is 19.7. The van der Waals surface area contributed by atoms with Gasteiger partial charge >= 0.3 is 0 Å². The molecule has 4 N–H and O–H groups in total. The second-order valence-corrected chi connectivity index (χ2v) is 6.52. The summed E-state index contributed by atoms with van der Waals surface area (Å²) in [7, 11) is 0. The lowest BCUT2D eigenvalue weighted by atomic mass is 10.00. The number of benzene rings is 1. The number of nitrogens with two attached hydrogens (primary N) is 1. The Morgan fingerprint density at radius 3 is 2.68 bits per heavy atom. The van der Waals surface area contributed by atoms with Crippen LogP contribution >= 0.6 is 12.4 Å². The Balaban J connectivity index is 0.00000225. The van der Waals surface area contributed by atoms with Crippen LogP contribution in [0.5, 0.6) is 0 Å². The number of aromatic nitrogens is 2. The lowest BCUT2D eigenvalue weighted by Gasteiger charge is -2.16. The molecule has 0 spiro atoms. The van der Waals surface area contributed by atoms with Crippen molar-refractivity contribution in [2.75, 3.05) is 19.6 Å². The van der Waals surface area contributed by atoms with Crippen molar-refractivity contribution in [3.05, 3.63) is 52.8 Å². The van der Waals surface area contributed by atoms with Gasteiger partial charge in [-0.1, -0.05) is 12.1 Å². The fourth-order valence-corrected chi connectivity index (χ4v) is 3.23. The monoisotopic (exact) mass is 364 g/mol. The molecule has 1 saturated heterocycles. The van der Waals surface area contributed by atoms with Crippen molar-refractivity contribution >= 4 is 18.3 Å². The fourth-order valence-electron chi connectivity index (χ4n) is 3.23. The van der Waals surface area contributed by atoms with E-state index in [0.717, 1.165) is 23.4 Å². The van der Waals surface area contributed by atoms with Crippen molar-refractivity contribution in [3.8, 4) is 0 Å². The molecule has 136 valence electrons. The molecule has 1 amide bonds. The number of rotatable bonds is 5. The first kappa shape index (κ1) is 19.4. The number of aromatic amines is 1. The molecule has 25 heavy (non-hydrogen) atoms. The molecule has 2 heterocycles. The summed E-state index contributed by atoms with van der Waals surface area (Å²) < 4.78 is 0. The highest BCUT2D eigenvalue weighted by Crippen LogP contribution is 2.23. The number of hydrogen-bond acceptors (Lipinski definition) is 4. The van der Waals surface area contributed by atoms with E-state index in [4.69, 9.17) is 5.73 Å². The quantitative estimate of drug-likeness (QED) is 0.745. The van der Waals surface area contributed by atoms with Gasteiger partial charge < -0.3 is 15.7 Å². The van der Waals surface area contributed by atoms with Gasteiger partial charge in [0.25, 0.3) is 5.91 Å². The van der Waals surface area contributed by atoms with Crippen molar-refractivity contribution in [2.45, 2.75) is 25.9 Å². The van der Waals surface area contributed by atoms with E-state index in [9.17, 15) is 9.90 Å². The number of aliphatic hydroxyl groups excluding tert-OH is 1. The summed E-state index contributed by atoms with van der Waals surface area (Å²) in [6.45, 7) is 3.47. The standard InChI is InChI=1S/C18H24N4O2.ClH/c1-12-8-16(21-20-12)9-15-10-22(11-17(15)23)18(24)14-4-2-13(3-5-14)6-7-19;/h2-5,8,15,17,23H,6-7,9-11,19H2,1H3,(H,20,21);1H/t15-,17-;/m1./s1. The number of carbonyl (C=O) groups excluding carboxylic acids is 1. The van der Waals surface area contributed by atoms with Crippen LogP contribution in [0.15, 0.2) is 30.3 Å². The maximum Gasteiger partial charge on any atom is 0.253 e. The van der Waals surface area contributed by atoms with Crippen LogP contribution in [0.3, 0.4) is 0 Å². The van der Waals surface area contributed by atoms with Gasteiger partial charge in [-0.05, 0) is 50.1 Å². The van der Waals surface area contributed by atoms with Gasteiger partial charge in [0, 0.05) is 30.3 Å². The second kappa shape index (κ2) is 8.47. The van der Waals surface area contributed by atoms with Crippen LogP contribution in [0.4, 0.5) is 0 Å². The first-order valence-electron chi connectivity index (χ1n) is 8.34. The number of halogens is 1. The predicted molar refractivity (Wildman–Crippen MR) is 98.9 cm³/mol. The van der Waals surface area contributed by atoms with Gasteiger partial charge in [-0.3, -0.25) is 9.89 Å². The summed E-state index contributed by atoms with van der Waals surface area (Å²) in [4.78, 5) is 14.4. The van der Waals surface area contributed by atoms with E-state index >= 15 is 0 Å². The van der Waals surface area contributed by atoms with Crippen LogP contribution in [0.2, 0.25) is 0 Å². The summed E-state index contributed by atoms with van der Waals surface area (Å²) in [5.74, 6) is -0.0118. The van der Waals surface area contributed by atoms with Crippen molar-refractivity contribution in [1.82, 2.24) is 15.1 Å². The second-order valence-electron chi connectivity index (χ2n) is 6.52. The van der Waals surface area contributed by atoms with Gasteiger partial charge in [-0.15, -0.1) is 12.4 Å². The van der Waals surface area contributed by atoms with E-state index in [-0.39, 0.29) is 24.2 Å². The van der Waals surface area contributed by atoms with Gasteiger partial charge in [0.15, 0.2) is 0 Å². The third-order valence-electron chi connectivity index (χ3n) is 4.56. The third-order valence-corrected chi connectivity index (χ3v) is 4.56. The van der Waals surface area contributed by atoms with Gasteiger partial charge in [-0.2, -0.15) is 5.10 Å². The lowest BCUT2D eigenvalue weighted by Crippen LogP contribution is -2.29. The van der Waals surface area contributed by atoms with Crippen LogP contribution in [0.25, 0.3) is 0 Å². The fraction of sp³-hybridized carbons (Fsp3) is 0.444. The molecule has 1 aromatic carbocycles. The van der Waals surface area contributed by atoms with Crippen LogP contribution < -0.4 is 5.73 Å².